The summed E-state index contributed by atoms with van der Waals surface area (Å²) in [5, 5.41) is 0. The number of hydrogen-bond donors (Lipinski definition) is 0. The zero-order valence-corrected chi connectivity index (χ0v) is 13.0. The quantitative estimate of drug-likeness (QED) is 0.531. The van der Waals surface area contributed by atoms with Crippen LogP contribution in [-0.4, -0.2) is 6.61 Å². The monoisotopic (exact) mass is 282 g/mol. The van der Waals surface area contributed by atoms with E-state index in [9.17, 15) is 0 Å². The number of rotatable bonds is 9. The molecule has 2 aromatic rings. The summed E-state index contributed by atoms with van der Waals surface area (Å²) in [5.74, 6) is 0. The van der Waals surface area contributed by atoms with Crippen molar-refractivity contribution in [2.24, 2.45) is 0 Å². The van der Waals surface area contributed by atoms with Gasteiger partial charge in [-0.05, 0) is 17.5 Å². The summed E-state index contributed by atoms with van der Waals surface area (Å²) < 4.78 is 6.19. The topological polar surface area (TPSA) is 9.23 Å². The summed E-state index contributed by atoms with van der Waals surface area (Å²) in [4.78, 5) is 0. The largest absolute Gasteiger partial charge is 0.369 e. The SMILES string of the molecule is CCCCCCCOC(c1ccccc1)c1ccccc1. The smallest absolute Gasteiger partial charge is 0.108 e. The number of ether oxygens (including phenoxy) is 1. The van der Waals surface area contributed by atoms with Crippen LogP contribution in [0.3, 0.4) is 0 Å². The van der Waals surface area contributed by atoms with E-state index in [0.29, 0.717) is 0 Å². The van der Waals surface area contributed by atoms with Crippen LogP contribution in [0.15, 0.2) is 60.7 Å². The highest BCUT2D eigenvalue weighted by atomic mass is 16.5. The summed E-state index contributed by atoms with van der Waals surface area (Å²) in [7, 11) is 0. The first kappa shape index (κ1) is 15.8. The van der Waals surface area contributed by atoms with E-state index in [1.807, 2.05) is 0 Å². The van der Waals surface area contributed by atoms with Crippen molar-refractivity contribution >= 4 is 0 Å². The molecule has 0 saturated heterocycles. The Morgan fingerprint density at radius 3 is 1.76 bits per heavy atom. The van der Waals surface area contributed by atoms with Crippen molar-refractivity contribution < 1.29 is 4.74 Å². The summed E-state index contributed by atoms with van der Waals surface area (Å²) in [6, 6.07) is 21.0. The van der Waals surface area contributed by atoms with E-state index >= 15 is 0 Å². The molecular formula is C20H26O. The van der Waals surface area contributed by atoms with Crippen LogP contribution >= 0.6 is 0 Å². The predicted molar refractivity (Wildman–Crippen MR) is 89.4 cm³/mol. The maximum absolute atomic E-state index is 6.19. The Morgan fingerprint density at radius 1 is 0.714 bits per heavy atom. The molecule has 0 aliphatic rings. The molecule has 0 aliphatic heterocycles. The van der Waals surface area contributed by atoms with Crippen LogP contribution in [0.4, 0.5) is 0 Å². The Bertz CT molecular complexity index is 438. The molecular weight excluding hydrogens is 256 g/mol. The second-order valence-electron chi connectivity index (χ2n) is 5.49. The molecule has 0 amide bonds. The Hall–Kier alpha value is -1.60. The van der Waals surface area contributed by atoms with Gasteiger partial charge in [0.05, 0.1) is 0 Å². The van der Waals surface area contributed by atoms with Gasteiger partial charge in [-0.25, -0.2) is 0 Å². The second kappa shape index (κ2) is 9.36. The van der Waals surface area contributed by atoms with Crippen molar-refractivity contribution in [2.45, 2.75) is 45.1 Å². The molecule has 112 valence electrons. The summed E-state index contributed by atoms with van der Waals surface area (Å²) in [6.07, 6.45) is 6.42. The Kier molecular flexibility index (Phi) is 7.03. The fraction of sp³-hybridized carbons (Fsp3) is 0.400. The molecule has 1 heteroatoms. The van der Waals surface area contributed by atoms with Gasteiger partial charge in [0, 0.05) is 6.61 Å². The summed E-state index contributed by atoms with van der Waals surface area (Å²) >= 11 is 0. The van der Waals surface area contributed by atoms with Gasteiger partial charge in [0.15, 0.2) is 0 Å². The molecule has 2 aromatic carbocycles. The summed E-state index contributed by atoms with van der Waals surface area (Å²) in [6.45, 7) is 3.08. The molecule has 0 aromatic heterocycles. The number of hydrogen-bond acceptors (Lipinski definition) is 1. The molecule has 0 aliphatic carbocycles. The molecule has 0 unspecified atom stereocenters. The molecule has 0 bridgehead atoms. The lowest BCUT2D eigenvalue weighted by molar-refractivity contribution is 0.0768. The fourth-order valence-corrected chi connectivity index (χ4v) is 2.55. The summed E-state index contributed by atoms with van der Waals surface area (Å²) in [5.41, 5.74) is 2.47. The normalized spacial score (nSPS) is 11.0. The number of benzene rings is 2. The van der Waals surface area contributed by atoms with Gasteiger partial charge >= 0.3 is 0 Å². The zero-order chi connectivity index (χ0) is 14.8. The van der Waals surface area contributed by atoms with Gasteiger partial charge in [-0.1, -0.05) is 93.3 Å². The van der Waals surface area contributed by atoms with Crippen LogP contribution in [0.2, 0.25) is 0 Å². The van der Waals surface area contributed by atoms with E-state index in [4.69, 9.17) is 4.74 Å². The minimum atomic E-state index is 0.0542. The third-order valence-corrected chi connectivity index (χ3v) is 3.74. The maximum Gasteiger partial charge on any atom is 0.108 e. The van der Waals surface area contributed by atoms with Crippen LogP contribution in [-0.2, 0) is 4.74 Å². The van der Waals surface area contributed by atoms with Gasteiger partial charge in [0.2, 0.25) is 0 Å². The first-order chi connectivity index (χ1) is 10.4. The van der Waals surface area contributed by atoms with E-state index < -0.39 is 0 Å². The van der Waals surface area contributed by atoms with E-state index in [2.05, 4.69) is 67.6 Å². The minimum absolute atomic E-state index is 0.0542. The average molecular weight is 282 g/mol. The van der Waals surface area contributed by atoms with Crippen LogP contribution in [0.1, 0.15) is 56.3 Å². The molecule has 1 nitrogen and oxygen atoms in total. The maximum atomic E-state index is 6.19. The lowest BCUT2D eigenvalue weighted by atomic mass is 10.0. The van der Waals surface area contributed by atoms with Gasteiger partial charge in [0.25, 0.3) is 0 Å². The fourth-order valence-electron chi connectivity index (χ4n) is 2.55. The van der Waals surface area contributed by atoms with Crippen molar-refractivity contribution in [1.29, 1.82) is 0 Å². The molecule has 0 saturated carbocycles. The lowest BCUT2D eigenvalue weighted by Gasteiger charge is -2.19. The van der Waals surface area contributed by atoms with Crippen LogP contribution in [0.5, 0.6) is 0 Å². The van der Waals surface area contributed by atoms with E-state index in [1.54, 1.807) is 0 Å². The van der Waals surface area contributed by atoms with Crippen LogP contribution < -0.4 is 0 Å². The van der Waals surface area contributed by atoms with Gasteiger partial charge in [0.1, 0.15) is 6.10 Å². The van der Waals surface area contributed by atoms with E-state index in [1.165, 1.54) is 36.8 Å². The highest BCUT2D eigenvalue weighted by Crippen LogP contribution is 2.26. The zero-order valence-electron chi connectivity index (χ0n) is 13.0. The third kappa shape index (κ3) is 5.35. The molecule has 0 N–H and O–H groups in total. The van der Waals surface area contributed by atoms with Crippen molar-refractivity contribution in [3.63, 3.8) is 0 Å². The first-order valence-electron chi connectivity index (χ1n) is 8.13. The molecule has 0 radical (unpaired) electrons. The van der Waals surface area contributed by atoms with E-state index in [0.717, 1.165) is 13.0 Å². The molecule has 21 heavy (non-hydrogen) atoms. The Morgan fingerprint density at radius 2 is 1.24 bits per heavy atom. The third-order valence-electron chi connectivity index (χ3n) is 3.74. The van der Waals surface area contributed by atoms with Gasteiger partial charge in [-0.15, -0.1) is 0 Å². The van der Waals surface area contributed by atoms with Crippen LogP contribution in [0, 0.1) is 0 Å². The van der Waals surface area contributed by atoms with Crippen molar-refractivity contribution in [3.8, 4) is 0 Å². The molecule has 0 fully saturated rings. The average Bonchev–Trinajstić information content (AvgIpc) is 2.56. The standard InChI is InChI=1S/C20H26O/c1-2-3-4-5-12-17-21-20(18-13-8-6-9-14-18)19-15-10-7-11-16-19/h6-11,13-16,20H,2-5,12,17H2,1H3. The minimum Gasteiger partial charge on any atom is -0.369 e. The number of unbranched alkanes of at least 4 members (excludes halogenated alkanes) is 4. The van der Waals surface area contributed by atoms with Crippen molar-refractivity contribution in [1.82, 2.24) is 0 Å². The highest BCUT2D eigenvalue weighted by Gasteiger charge is 2.13. The van der Waals surface area contributed by atoms with Gasteiger partial charge < -0.3 is 4.74 Å². The van der Waals surface area contributed by atoms with Crippen LogP contribution in [0.25, 0.3) is 0 Å². The predicted octanol–water partition coefficient (Wildman–Crippen LogP) is 5.76. The first-order valence-corrected chi connectivity index (χ1v) is 8.13. The second-order valence-corrected chi connectivity index (χ2v) is 5.49. The molecule has 0 spiro atoms. The van der Waals surface area contributed by atoms with E-state index in [-0.39, 0.29) is 6.10 Å². The Balaban J connectivity index is 1.94. The highest BCUT2D eigenvalue weighted by molar-refractivity contribution is 5.29. The van der Waals surface area contributed by atoms with Crippen molar-refractivity contribution in [3.05, 3.63) is 71.8 Å². The van der Waals surface area contributed by atoms with Gasteiger partial charge in [-0.3, -0.25) is 0 Å². The lowest BCUT2D eigenvalue weighted by Crippen LogP contribution is -2.07. The Labute approximate surface area is 129 Å². The van der Waals surface area contributed by atoms with Gasteiger partial charge in [-0.2, -0.15) is 0 Å². The molecule has 0 heterocycles. The van der Waals surface area contributed by atoms with Crippen molar-refractivity contribution in [2.75, 3.05) is 6.61 Å². The molecule has 2 rings (SSSR count). The molecule has 0 atom stereocenters.